The zero-order valence-electron chi connectivity index (χ0n) is 12.5. The number of hydrogen-bond donors (Lipinski definition) is 1. The van der Waals surface area contributed by atoms with Crippen LogP contribution in [0, 0.1) is 13.8 Å². The van der Waals surface area contributed by atoms with E-state index in [2.05, 4.69) is 0 Å². The van der Waals surface area contributed by atoms with Gasteiger partial charge in [0.2, 0.25) is 10.0 Å². The zero-order valence-corrected chi connectivity index (χ0v) is 13.3. The fourth-order valence-electron chi connectivity index (χ4n) is 3.03. The second-order valence-corrected chi connectivity index (χ2v) is 7.43. The molecule has 0 saturated carbocycles. The maximum Gasteiger partial charge on any atom is 0.243 e. The smallest absolute Gasteiger partial charge is 0.243 e. The van der Waals surface area contributed by atoms with Crippen LogP contribution in [0.4, 0.5) is 0 Å². The van der Waals surface area contributed by atoms with Crippen LogP contribution in [0.15, 0.2) is 17.0 Å². The van der Waals surface area contributed by atoms with Gasteiger partial charge in [0, 0.05) is 19.1 Å². The summed E-state index contributed by atoms with van der Waals surface area (Å²) in [4.78, 5) is 0.420. The monoisotopic (exact) mass is 296 g/mol. The first kappa shape index (κ1) is 15.5. The molecule has 1 aromatic rings. The van der Waals surface area contributed by atoms with E-state index < -0.39 is 10.0 Å². The lowest BCUT2D eigenvalue weighted by molar-refractivity contribution is 0.379. The van der Waals surface area contributed by atoms with Crippen molar-refractivity contribution in [2.45, 2.75) is 57.5 Å². The molecule has 1 aromatic carbocycles. The summed E-state index contributed by atoms with van der Waals surface area (Å²) >= 11 is 0. The van der Waals surface area contributed by atoms with Gasteiger partial charge in [-0.05, 0) is 55.9 Å². The molecule has 1 aliphatic rings. The SMILES string of the molecule is CCC1CCCN1S(=O)(=O)c1cc(CN)c(C)cc1C. The molecular weight excluding hydrogens is 272 g/mol. The lowest BCUT2D eigenvalue weighted by atomic mass is 10.1. The minimum Gasteiger partial charge on any atom is -0.326 e. The minimum atomic E-state index is -3.40. The summed E-state index contributed by atoms with van der Waals surface area (Å²) in [5, 5.41) is 0. The van der Waals surface area contributed by atoms with Gasteiger partial charge in [-0.2, -0.15) is 4.31 Å². The van der Waals surface area contributed by atoms with Gasteiger partial charge in [-0.15, -0.1) is 0 Å². The molecule has 20 heavy (non-hydrogen) atoms. The van der Waals surface area contributed by atoms with E-state index in [0.717, 1.165) is 36.0 Å². The zero-order chi connectivity index (χ0) is 14.9. The van der Waals surface area contributed by atoms with E-state index in [-0.39, 0.29) is 6.04 Å². The van der Waals surface area contributed by atoms with Crippen molar-refractivity contribution < 1.29 is 8.42 Å². The van der Waals surface area contributed by atoms with Gasteiger partial charge in [-0.1, -0.05) is 13.0 Å². The summed E-state index contributed by atoms with van der Waals surface area (Å²) in [6.45, 7) is 6.87. The standard InChI is InChI=1S/C15H24N2O2S/c1-4-14-6-5-7-17(14)20(18,19)15-9-13(10-16)11(2)8-12(15)3/h8-9,14H,4-7,10,16H2,1-3H3. The van der Waals surface area contributed by atoms with Crippen molar-refractivity contribution in [1.82, 2.24) is 4.31 Å². The number of hydrogen-bond acceptors (Lipinski definition) is 3. The molecule has 0 aromatic heterocycles. The third-order valence-corrected chi connectivity index (χ3v) is 6.33. The number of sulfonamides is 1. The largest absolute Gasteiger partial charge is 0.326 e. The Morgan fingerprint density at radius 2 is 2.00 bits per heavy atom. The Labute approximate surface area is 122 Å². The molecule has 2 rings (SSSR count). The number of aryl methyl sites for hydroxylation is 2. The molecular formula is C15H24N2O2S. The Balaban J connectivity index is 2.49. The van der Waals surface area contributed by atoms with E-state index >= 15 is 0 Å². The van der Waals surface area contributed by atoms with Crippen LogP contribution in [-0.2, 0) is 16.6 Å². The molecule has 112 valence electrons. The molecule has 5 heteroatoms. The molecule has 1 atom stereocenters. The topological polar surface area (TPSA) is 63.4 Å². The van der Waals surface area contributed by atoms with Gasteiger partial charge in [-0.25, -0.2) is 8.42 Å². The molecule has 2 N–H and O–H groups in total. The predicted octanol–water partition coefficient (Wildman–Crippen LogP) is 2.33. The first-order chi connectivity index (χ1) is 9.41. The van der Waals surface area contributed by atoms with Crippen LogP contribution >= 0.6 is 0 Å². The van der Waals surface area contributed by atoms with Crippen LogP contribution in [0.1, 0.15) is 42.9 Å². The highest BCUT2D eigenvalue weighted by molar-refractivity contribution is 7.89. The second kappa shape index (κ2) is 5.84. The lowest BCUT2D eigenvalue weighted by Gasteiger charge is -2.24. The van der Waals surface area contributed by atoms with Crippen LogP contribution in [0.3, 0.4) is 0 Å². The lowest BCUT2D eigenvalue weighted by Crippen LogP contribution is -2.35. The van der Waals surface area contributed by atoms with Crippen LogP contribution in [-0.4, -0.2) is 25.3 Å². The summed E-state index contributed by atoms with van der Waals surface area (Å²) < 4.78 is 27.4. The summed E-state index contributed by atoms with van der Waals surface area (Å²) in [7, 11) is -3.40. The highest BCUT2D eigenvalue weighted by Crippen LogP contribution is 2.30. The van der Waals surface area contributed by atoms with Gasteiger partial charge in [0.25, 0.3) is 0 Å². The molecule has 0 bridgehead atoms. The number of benzene rings is 1. The molecule has 0 amide bonds. The van der Waals surface area contributed by atoms with Crippen molar-refractivity contribution in [3.05, 3.63) is 28.8 Å². The van der Waals surface area contributed by atoms with Gasteiger partial charge in [0.05, 0.1) is 4.90 Å². The van der Waals surface area contributed by atoms with E-state index in [1.165, 1.54) is 0 Å². The van der Waals surface area contributed by atoms with Crippen molar-refractivity contribution >= 4 is 10.0 Å². The van der Waals surface area contributed by atoms with E-state index in [1.54, 1.807) is 10.4 Å². The molecule has 1 fully saturated rings. The second-order valence-electron chi connectivity index (χ2n) is 5.57. The highest BCUT2D eigenvalue weighted by atomic mass is 32.2. The van der Waals surface area contributed by atoms with Crippen molar-refractivity contribution in [3.8, 4) is 0 Å². The van der Waals surface area contributed by atoms with Crippen molar-refractivity contribution in [2.24, 2.45) is 5.73 Å². The summed E-state index contributed by atoms with van der Waals surface area (Å²) in [5.74, 6) is 0. The third-order valence-electron chi connectivity index (χ3n) is 4.23. The van der Waals surface area contributed by atoms with Crippen molar-refractivity contribution in [2.75, 3.05) is 6.54 Å². The van der Waals surface area contributed by atoms with Gasteiger partial charge in [0.15, 0.2) is 0 Å². The number of rotatable bonds is 4. The maximum absolute atomic E-state index is 12.9. The van der Waals surface area contributed by atoms with E-state index in [9.17, 15) is 8.42 Å². The quantitative estimate of drug-likeness (QED) is 0.927. The van der Waals surface area contributed by atoms with E-state index in [0.29, 0.717) is 18.0 Å². The average Bonchev–Trinajstić information content (AvgIpc) is 2.87. The van der Waals surface area contributed by atoms with Gasteiger partial charge in [-0.3, -0.25) is 0 Å². The maximum atomic E-state index is 12.9. The average molecular weight is 296 g/mol. The molecule has 4 nitrogen and oxygen atoms in total. The Kier molecular flexibility index (Phi) is 4.52. The van der Waals surface area contributed by atoms with Crippen molar-refractivity contribution in [1.29, 1.82) is 0 Å². The van der Waals surface area contributed by atoms with E-state index in [4.69, 9.17) is 5.73 Å². The van der Waals surface area contributed by atoms with Crippen LogP contribution in [0.2, 0.25) is 0 Å². The third kappa shape index (κ3) is 2.62. The van der Waals surface area contributed by atoms with Gasteiger partial charge >= 0.3 is 0 Å². The van der Waals surface area contributed by atoms with Crippen LogP contribution in [0.5, 0.6) is 0 Å². The number of nitrogens with zero attached hydrogens (tertiary/aromatic N) is 1. The Hall–Kier alpha value is -0.910. The van der Waals surface area contributed by atoms with Crippen LogP contribution in [0.25, 0.3) is 0 Å². The highest BCUT2D eigenvalue weighted by Gasteiger charge is 2.35. The Bertz CT molecular complexity index is 596. The minimum absolute atomic E-state index is 0.141. The fraction of sp³-hybridized carbons (Fsp3) is 0.600. The molecule has 1 saturated heterocycles. The Morgan fingerprint density at radius 3 is 2.60 bits per heavy atom. The molecule has 1 heterocycles. The van der Waals surface area contributed by atoms with E-state index in [1.807, 2.05) is 26.8 Å². The first-order valence-electron chi connectivity index (χ1n) is 7.23. The summed E-state index contributed by atoms with van der Waals surface area (Å²) in [6, 6.07) is 3.82. The van der Waals surface area contributed by atoms with Gasteiger partial charge < -0.3 is 5.73 Å². The summed E-state index contributed by atoms with van der Waals surface area (Å²) in [6.07, 6.45) is 2.78. The predicted molar refractivity (Wildman–Crippen MR) is 81.0 cm³/mol. The molecule has 1 aliphatic heterocycles. The molecule has 0 spiro atoms. The molecule has 0 radical (unpaired) electrons. The van der Waals surface area contributed by atoms with Crippen LogP contribution < -0.4 is 5.73 Å². The normalized spacial score (nSPS) is 20.5. The van der Waals surface area contributed by atoms with Crippen molar-refractivity contribution in [3.63, 3.8) is 0 Å². The Morgan fingerprint density at radius 1 is 1.30 bits per heavy atom. The molecule has 1 unspecified atom stereocenters. The first-order valence-corrected chi connectivity index (χ1v) is 8.67. The number of nitrogens with two attached hydrogens (primary N) is 1. The summed E-state index contributed by atoms with van der Waals surface area (Å²) in [5.41, 5.74) is 8.48. The van der Waals surface area contributed by atoms with Gasteiger partial charge in [0.1, 0.15) is 0 Å². The fourth-order valence-corrected chi connectivity index (χ4v) is 5.06. The molecule has 0 aliphatic carbocycles.